The average molecular weight is 277 g/mol. The Kier molecular flexibility index (Phi) is 5.45. The van der Waals surface area contributed by atoms with Gasteiger partial charge in [0.15, 0.2) is 0 Å². The molecule has 0 aliphatic carbocycles. The lowest BCUT2D eigenvalue weighted by Crippen LogP contribution is -2.18. The number of methoxy groups -OCH3 is 1. The lowest BCUT2D eigenvalue weighted by Gasteiger charge is -2.03. The number of ether oxygens (including phenoxy) is 1. The van der Waals surface area contributed by atoms with Gasteiger partial charge in [-0.15, -0.1) is 5.10 Å². The number of anilines is 1. The number of hydrogen-bond donors (Lipinski definition) is 2. The van der Waals surface area contributed by atoms with Crippen LogP contribution in [0.15, 0.2) is 22.7 Å². The highest BCUT2D eigenvalue weighted by Gasteiger charge is 2.06. The molecule has 0 fully saturated rings. The predicted octanol–water partition coefficient (Wildman–Crippen LogP) is 1.12. The van der Waals surface area contributed by atoms with Crippen LogP contribution in [0.1, 0.15) is 17.1 Å². The van der Waals surface area contributed by atoms with E-state index < -0.39 is 0 Å². The standard InChI is InChI=1S/C13H19N5O2/c1-10-4-3-5-15-11(10)8-16-13-18-17-12(20-13)9-14-6-7-19-2/h3-5,14H,6-9H2,1-2H3,(H,16,18). The molecular weight excluding hydrogens is 258 g/mol. The Balaban J connectivity index is 1.79. The minimum Gasteiger partial charge on any atom is -0.407 e. The van der Waals surface area contributed by atoms with Gasteiger partial charge in [0.05, 0.1) is 25.4 Å². The van der Waals surface area contributed by atoms with Gasteiger partial charge in [0.1, 0.15) is 0 Å². The van der Waals surface area contributed by atoms with Crippen molar-refractivity contribution in [2.75, 3.05) is 25.6 Å². The second kappa shape index (κ2) is 7.56. The Labute approximate surface area is 117 Å². The molecule has 0 saturated heterocycles. The summed E-state index contributed by atoms with van der Waals surface area (Å²) < 4.78 is 10.4. The molecular formula is C13H19N5O2. The molecule has 0 aliphatic rings. The predicted molar refractivity (Wildman–Crippen MR) is 74.2 cm³/mol. The maximum absolute atomic E-state index is 5.46. The Morgan fingerprint density at radius 3 is 3.00 bits per heavy atom. The molecule has 0 aromatic carbocycles. The molecule has 7 nitrogen and oxygen atoms in total. The third-order valence-electron chi connectivity index (χ3n) is 2.75. The first-order chi connectivity index (χ1) is 9.79. The van der Waals surface area contributed by atoms with Crippen molar-refractivity contribution in [1.82, 2.24) is 20.5 Å². The quantitative estimate of drug-likeness (QED) is 0.699. The molecule has 0 saturated carbocycles. The van der Waals surface area contributed by atoms with Crippen LogP contribution >= 0.6 is 0 Å². The van der Waals surface area contributed by atoms with Gasteiger partial charge < -0.3 is 19.8 Å². The molecule has 2 N–H and O–H groups in total. The van der Waals surface area contributed by atoms with Crippen LogP contribution in [-0.2, 0) is 17.8 Å². The van der Waals surface area contributed by atoms with E-state index in [0.717, 1.165) is 17.8 Å². The van der Waals surface area contributed by atoms with Crippen molar-refractivity contribution in [3.63, 3.8) is 0 Å². The summed E-state index contributed by atoms with van der Waals surface area (Å²) in [5.74, 6) is 0.543. The van der Waals surface area contributed by atoms with Gasteiger partial charge in [-0.25, -0.2) is 0 Å². The van der Waals surface area contributed by atoms with Gasteiger partial charge in [0, 0.05) is 19.9 Å². The van der Waals surface area contributed by atoms with Gasteiger partial charge in [-0.3, -0.25) is 4.98 Å². The highest BCUT2D eigenvalue weighted by Crippen LogP contribution is 2.09. The summed E-state index contributed by atoms with van der Waals surface area (Å²) in [7, 11) is 1.66. The lowest BCUT2D eigenvalue weighted by atomic mass is 10.2. The van der Waals surface area contributed by atoms with Crippen molar-refractivity contribution in [1.29, 1.82) is 0 Å². The van der Waals surface area contributed by atoms with Gasteiger partial charge in [-0.2, -0.15) is 0 Å². The summed E-state index contributed by atoms with van der Waals surface area (Å²) in [6.45, 7) is 4.50. The second-order valence-electron chi connectivity index (χ2n) is 4.29. The van der Waals surface area contributed by atoms with Gasteiger partial charge in [-0.1, -0.05) is 11.2 Å². The Morgan fingerprint density at radius 1 is 1.30 bits per heavy atom. The molecule has 7 heteroatoms. The minimum atomic E-state index is 0.401. The number of hydrogen-bond acceptors (Lipinski definition) is 7. The molecule has 2 heterocycles. The zero-order valence-corrected chi connectivity index (χ0v) is 11.7. The third kappa shape index (κ3) is 4.29. The van der Waals surface area contributed by atoms with Crippen LogP contribution in [0, 0.1) is 6.92 Å². The second-order valence-corrected chi connectivity index (χ2v) is 4.29. The van der Waals surface area contributed by atoms with E-state index in [1.807, 2.05) is 19.1 Å². The third-order valence-corrected chi connectivity index (χ3v) is 2.75. The Morgan fingerprint density at radius 2 is 2.20 bits per heavy atom. The number of nitrogens with one attached hydrogen (secondary N) is 2. The summed E-state index contributed by atoms with van der Waals surface area (Å²) in [5.41, 5.74) is 2.09. The van der Waals surface area contributed by atoms with Crippen LogP contribution < -0.4 is 10.6 Å². The Hall–Kier alpha value is -1.99. The van der Waals surface area contributed by atoms with Crippen LogP contribution in [-0.4, -0.2) is 35.4 Å². The maximum atomic E-state index is 5.46. The number of aromatic nitrogens is 3. The molecule has 0 atom stereocenters. The highest BCUT2D eigenvalue weighted by molar-refractivity contribution is 5.24. The van der Waals surface area contributed by atoms with Crippen LogP contribution in [0.3, 0.4) is 0 Å². The van der Waals surface area contributed by atoms with Crippen molar-refractivity contribution in [3.8, 4) is 0 Å². The molecule has 0 amide bonds. The summed E-state index contributed by atoms with van der Waals surface area (Å²) in [6, 6.07) is 4.33. The number of rotatable bonds is 8. The van der Waals surface area contributed by atoms with E-state index in [9.17, 15) is 0 Å². The molecule has 0 bridgehead atoms. The number of nitrogens with zero attached hydrogens (tertiary/aromatic N) is 3. The van der Waals surface area contributed by atoms with Gasteiger partial charge in [0.25, 0.3) is 0 Å². The molecule has 0 spiro atoms. The monoisotopic (exact) mass is 277 g/mol. The minimum absolute atomic E-state index is 0.401. The first-order valence-electron chi connectivity index (χ1n) is 6.46. The zero-order chi connectivity index (χ0) is 14.2. The first-order valence-corrected chi connectivity index (χ1v) is 6.46. The normalized spacial score (nSPS) is 10.7. The van der Waals surface area contributed by atoms with Crippen molar-refractivity contribution in [2.24, 2.45) is 0 Å². The maximum Gasteiger partial charge on any atom is 0.315 e. The van der Waals surface area contributed by atoms with E-state index in [0.29, 0.717) is 31.6 Å². The summed E-state index contributed by atoms with van der Waals surface area (Å²) in [6.07, 6.45) is 1.77. The van der Waals surface area contributed by atoms with E-state index in [1.165, 1.54) is 0 Å². The SMILES string of the molecule is COCCNCc1nnc(NCc2ncccc2C)o1. The zero-order valence-electron chi connectivity index (χ0n) is 11.7. The van der Waals surface area contributed by atoms with Crippen molar-refractivity contribution < 1.29 is 9.15 Å². The average Bonchev–Trinajstić information content (AvgIpc) is 2.91. The van der Waals surface area contributed by atoms with Crippen molar-refractivity contribution >= 4 is 6.01 Å². The molecule has 20 heavy (non-hydrogen) atoms. The number of aryl methyl sites for hydroxylation is 1. The topological polar surface area (TPSA) is 85.1 Å². The van der Waals surface area contributed by atoms with Crippen molar-refractivity contribution in [3.05, 3.63) is 35.5 Å². The van der Waals surface area contributed by atoms with E-state index in [2.05, 4.69) is 25.8 Å². The van der Waals surface area contributed by atoms with E-state index in [-0.39, 0.29) is 0 Å². The van der Waals surface area contributed by atoms with E-state index in [4.69, 9.17) is 9.15 Å². The van der Waals surface area contributed by atoms with E-state index in [1.54, 1.807) is 13.3 Å². The number of pyridine rings is 1. The fraction of sp³-hybridized carbons (Fsp3) is 0.462. The van der Waals surface area contributed by atoms with E-state index >= 15 is 0 Å². The van der Waals surface area contributed by atoms with Crippen LogP contribution in [0.25, 0.3) is 0 Å². The summed E-state index contributed by atoms with van der Waals surface area (Å²) in [4.78, 5) is 4.29. The summed E-state index contributed by atoms with van der Waals surface area (Å²) >= 11 is 0. The molecule has 0 aliphatic heterocycles. The molecule has 0 radical (unpaired) electrons. The highest BCUT2D eigenvalue weighted by atomic mass is 16.5. The fourth-order valence-electron chi connectivity index (χ4n) is 1.63. The first kappa shape index (κ1) is 14.4. The van der Waals surface area contributed by atoms with Crippen LogP contribution in [0.2, 0.25) is 0 Å². The molecule has 2 rings (SSSR count). The van der Waals surface area contributed by atoms with Gasteiger partial charge in [0.2, 0.25) is 5.89 Å². The largest absolute Gasteiger partial charge is 0.407 e. The molecule has 2 aromatic heterocycles. The van der Waals surface area contributed by atoms with Crippen LogP contribution in [0.5, 0.6) is 0 Å². The lowest BCUT2D eigenvalue weighted by molar-refractivity contribution is 0.198. The fourth-order valence-corrected chi connectivity index (χ4v) is 1.63. The molecule has 108 valence electrons. The molecule has 2 aromatic rings. The van der Waals surface area contributed by atoms with Gasteiger partial charge in [-0.05, 0) is 18.6 Å². The van der Waals surface area contributed by atoms with Gasteiger partial charge >= 0.3 is 6.01 Å². The Bertz CT molecular complexity index is 529. The molecule has 0 unspecified atom stereocenters. The van der Waals surface area contributed by atoms with Crippen molar-refractivity contribution in [2.45, 2.75) is 20.0 Å². The summed E-state index contributed by atoms with van der Waals surface area (Å²) in [5, 5.41) is 14.1. The van der Waals surface area contributed by atoms with Crippen LogP contribution in [0.4, 0.5) is 6.01 Å². The smallest absolute Gasteiger partial charge is 0.315 e.